The molecule has 1 unspecified atom stereocenters. The molecular weight excluding hydrogens is 390 g/mol. The Morgan fingerprint density at radius 1 is 1.10 bits per heavy atom. The molecule has 6 nitrogen and oxygen atoms in total. The third-order valence-electron chi connectivity index (χ3n) is 5.60. The maximum Gasteiger partial charge on any atom is 0.334 e. The van der Waals surface area contributed by atoms with Crippen molar-refractivity contribution in [3.8, 4) is 0 Å². The number of carbonyl (C=O) groups is 2. The summed E-state index contributed by atoms with van der Waals surface area (Å²) in [6, 6.07) is 12.3. The zero-order valence-electron chi connectivity index (χ0n) is 16.8. The average molecular weight is 413 g/mol. The summed E-state index contributed by atoms with van der Waals surface area (Å²) in [5.41, 5.74) is -0.305. The average Bonchev–Trinajstić information content (AvgIpc) is 3.34. The smallest absolute Gasteiger partial charge is 0.334 e. The molecule has 0 spiro atoms. The van der Waals surface area contributed by atoms with E-state index in [0.29, 0.717) is 11.1 Å². The number of carbonyl (C=O) groups excluding carboxylic acids is 2. The molecule has 2 aliphatic rings. The van der Waals surface area contributed by atoms with Crippen molar-refractivity contribution >= 4 is 21.8 Å². The number of rotatable bonds is 4. The van der Waals surface area contributed by atoms with Crippen LogP contribution in [-0.2, 0) is 30.5 Å². The van der Waals surface area contributed by atoms with Gasteiger partial charge in [0.25, 0.3) is 0 Å². The van der Waals surface area contributed by atoms with Crippen LogP contribution in [0.2, 0.25) is 0 Å². The number of benzene rings is 2. The molecule has 0 amide bonds. The third kappa shape index (κ3) is 2.60. The summed E-state index contributed by atoms with van der Waals surface area (Å²) in [4.78, 5) is 26.4. The van der Waals surface area contributed by atoms with E-state index in [1.165, 1.54) is 6.07 Å². The lowest BCUT2D eigenvalue weighted by molar-refractivity contribution is -0.147. The maximum absolute atomic E-state index is 13.2. The first-order chi connectivity index (χ1) is 13.6. The van der Waals surface area contributed by atoms with Crippen LogP contribution in [0.4, 0.5) is 0 Å². The number of esters is 1. The number of Topliss-reactive ketones (excluding diaryl/α,β-unsaturated/α-hetero) is 1. The van der Waals surface area contributed by atoms with E-state index >= 15 is 0 Å². The Kier molecular flexibility index (Phi) is 4.26. The molecule has 29 heavy (non-hydrogen) atoms. The van der Waals surface area contributed by atoms with Gasteiger partial charge in [0, 0.05) is 11.1 Å². The van der Waals surface area contributed by atoms with Crippen LogP contribution in [0.5, 0.6) is 0 Å². The second-order valence-electron chi connectivity index (χ2n) is 8.38. The summed E-state index contributed by atoms with van der Waals surface area (Å²) in [6.07, 6.45) is 0. The van der Waals surface area contributed by atoms with Gasteiger partial charge in [0.2, 0.25) is 10.0 Å². The van der Waals surface area contributed by atoms with Gasteiger partial charge in [0.15, 0.2) is 11.3 Å². The van der Waals surface area contributed by atoms with Crippen molar-refractivity contribution in [1.82, 2.24) is 4.31 Å². The number of ketones is 1. The van der Waals surface area contributed by atoms with Crippen molar-refractivity contribution in [2.45, 2.75) is 49.6 Å². The Hall–Kier alpha value is -2.51. The van der Waals surface area contributed by atoms with Gasteiger partial charge >= 0.3 is 5.97 Å². The normalized spacial score (nSPS) is 26.3. The quantitative estimate of drug-likeness (QED) is 0.437. The molecule has 0 radical (unpaired) electrons. The standard InChI is InChI=1S/C22H23NO5S/c1-5-28-20(25)22-16-13-15(21(2,3)4)11-12-17(16)29(26,27)23(22)19(22)18(24)14-9-7-6-8-10-14/h6-13,19H,5H2,1-4H3/t19-,22-,23?/m0/s1. The van der Waals surface area contributed by atoms with Gasteiger partial charge in [0.05, 0.1) is 11.5 Å². The third-order valence-corrected chi connectivity index (χ3v) is 7.53. The van der Waals surface area contributed by atoms with E-state index in [9.17, 15) is 18.0 Å². The van der Waals surface area contributed by atoms with Crippen LogP contribution in [0.15, 0.2) is 53.4 Å². The van der Waals surface area contributed by atoms with E-state index < -0.39 is 33.4 Å². The van der Waals surface area contributed by atoms with E-state index in [0.717, 1.165) is 9.87 Å². The minimum atomic E-state index is -3.98. The highest BCUT2D eigenvalue weighted by Gasteiger charge is 2.82. The highest BCUT2D eigenvalue weighted by Crippen LogP contribution is 2.62. The molecular formula is C22H23NO5S. The van der Waals surface area contributed by atoms with Crippen LogP contribution in [0.25, 0.3) is 0 Å². The van der Waals surface area contributed by atoms with Crippen LogP contribution in [0, 0.1) is 0 Å². The summed E-state index contributed by atoms with van der Waals surface area (Å²) in [6.45, 7) is 7.77. The lowest BCUT2D eigenvalue weighted by Gasteiger charge is -2.21. The minimum Gasteiger partial charge on any atom is -0.464 e. The van der Waals surface area contributed by atoms with E-state index in [1.807, 2.05) is 20.8 Å². The number of fused-ring (bicyclic) bond motifs is 3. The molecule has 7 heteroatoms. The van der Waals surface area contributed by atoms with Gasteiger partial charge in [-0.3, -0.25) is 4.79 Å². The van der Waals surface area contributed by atoms with Gasteiger partial charge in [-0.1, -0.05) is 63.2 Å². The van der Waals surface area contributed by atoms with E-state index in [-0.39, 0.29) is 16.9 Å². The summed E-state index contributed by atoms with van der Waals surface area (Å²) in [7, 11) is -3.98. The van der Waals surface area contributed by atoms with Gasteiger partial charge < -0.3 is 4.74 Å². The van der Waals surface area contributed by atoms with Gasteiger partial charge in [0.1, 0.15) is 6.04 Å². The van der Waals surface area contributed by atoms with Gasteiger partial charge in [-0.15, -0.1) is 0 Å². The number of ether oxygens (including phenoxy) is 1. The molecule has 152 valence electrons. The molecule has 2 aliphatic heterocycles. The zero-order valence-corrected chi connectivity index (χ0v) is 17.6. The number of hydrogen-bond donors (Lipinski definition) is 0. The summed E-state index contributed by atoms with van der Waals surface area (Å²) >= 11 is 0. The fraction of sp³-hybridized carbons (Fsp3) is 0.364. The Balaban J connectivity index is 1.93. The van der Waals surface area contributed by atoms with E-state index in [2.05, 4.69) is 0 Å². The first kappa shape index (κ1) is 19.8. The Labute approximate surface area is 170 Å². The molecule has 0 bridgehead atoms. The molecule has 0 N–H and O–H groups in total. The molecule has 0 saturated carbocycles. The van der Waals surface area contributed by atoms with E-state index in [4.69, 9.17) is 4.74 Å². The predicted octanol–water partition coefficient (Wildman–Crippen LogP) is 3.01. The Morgan fingerprint density at radius 3 is 2.34 bits per heavy atom. The number of hydrogen-bond acceptors (Lipinski definition) is 5. The Bertz CT molecular complexity index is 1120. The van der Waals surface area contributed by atoms with Crippen LogP contribution < -0.4 is 0 Å². The van der Waals surface area contributed by atoms with Crippen molar-refractivity contribution in [2.24, 2.45) is 0 Å². The summed E-state index contributed by atoms with van der Waals surface area (Å²) < 4.78 is 32.7. The molecule has 2 heterocycles. The number of nitrogens with zero attached hydrogens (tertiary/aromatic N) is 1. The number of sulfonamides is 1. The molecule has 2 aromatic rings. The minimum absolute atomic E-state index is 0.0654. The summed E-state index contributed by atoms with van der Waals surface area (Å²) in [5.74, 6) is -1.11. The Morgan fingerprint density at radius 2 is 1.76 bits per heavy atom. The summed E-state index contributed by atoms with van der Waals surface area (Å²) in [5, 5.41) is 0. The fourth-order valence-corrected chi connectivity index (χ4v) is 6.17. The lowest BCUT2D eigenvalue weighted by atomic mass is 9.83. The molecule has 3 atom stereocenters. The van der Waals surface area contributed by atoms with Gasteiger partial charge in [-0.05, 0) is 24.0 Å². The molecule has 0 aromatic heterocycles. The van der Waals surface area contributed by atoms with Crippen molar-refractivity contribution < 1.29 is 22.7 Å². The second kappa shape index (κ2) is 6.24. The SMILES string of the molecule is CCOC(=O)[C@@]12c3cc(C(C)(C)C)ccc3S(=O)(=O)N1[C@H]2C(=O)c1ccccc1. The predicted molar refractivity (Wildman–Crippen MR) is 107 cm³/mol. The zero-order chi connectivity index (χ0) is 21.2. The first-order valence-corrected chi connectivity index (χ1v) is 11.0. The van der Waals surface area contributed by atoms with Crippen LogP contribution in [-0.4, -0.2) is 37.1 Å². The highest BCUT2D eigenvalue weighted by atomic mass is 32.2. The molecule has 1 saturated heterocycles. The largest absolute Gasteiger partial charge is 0.464 e. The highest BCUT2D eigenvalue weighted by molar-refractivity contribution is 7.90. The van der Waals surface area contributed by atoms with Crippen LogP contribution in [0.1, 0.15) is 49.2 Å². The van der Waals surface area contributed by atoms with Crippen LogP contribution in [0.3, 0.4) is 0 Å². The van der Waals surface area contributed by atoms with Crippen molar-refractivity contribution in [3.63, 3.8) is 0 Å². The lowest BCUT2D eigenvalue weighted by Crippen LogP contribution is -2.31. The topological polar surface area (TPSA) is 80.5 Å². The van der Waals surface area contributed by atoms with Gasteiger partial charge in [-0.2, -0.15) is 4.31 Å². The molecule has 4 rings (SSSR count). The monoisotopic (exact) mass is 413 g/mol. The second-order valence-corrected chi connectivity index (χ2v) is 10.2. The van der Waals surface area contributed by atoms with E-state index in [1.54, 1.807) is 49.4 Å². The molecule has 2 aromatic carbocycles. The maximum atomic E-state index is 13.2. The van der Waals surface area contributed by atoms with Gasteiger partial charge in [-0.25, -0.2) is 13.2 Å². The fourth-order valence-electron chi connectivity index (χ4n) is 4.10. The van der Waals surface area contributed by atoms with Crippen LogP contribution >= 0.6 is 0 Å². The van der Waals surface area contributed by atoms with Crippen molar-refractivity contribution in [1.29, 1.82) is 0 Å². The first-order valence-electron chi connectivity index (χ1n) is 9.54. The molecule has 1 fully saturated rings. The molecule has 0 aliphatic carbocycles. The van der Waals surface area contributed by atoms with Crippen molar-refractivity contribution in [2.75, 3.05) is 6.61 Å². The van der Waals surface area contributed by atoms with Crippen molar-refractivity contribution in [3.05, 3.63) is 65.2 Å².